The molecule has 26 heavy (non-hydrogen) atoms. The van der Waals surface area contributed by atoms with Gasteiger partial charge in [-0.2, -0.15) is 5.53 Å². The third-order valence-corrected chi connectivity index (χ3v) is 5.10. The first kappa shape index (κ1) is 17.0. The highest BCUT2D eigenvalue weighted by molar-refractivity contribution is 6.00. The maximum atomic E-state index is 13.2. The van der Waals surface area contributed by atoms with Gasteiger partial charge in [0.05, 0.1) is 11.4 Å². The fourth-order valence-corrected chi connectivity index (χ4v) is 3.70. The van der Waals surface area contributed by atoms with E-state index in [-0.39, 0.29) is 18.0 Å². The average molecular weight is 351 g/mol. The van der Waals surface area contributed by atoms with Crippen molar-refractivity contribution < 1.29 is 4.79 Å². The van der Waals surface area contributed by atoms with Crippen LogP contribution in [0.4, 0.5) is 11.4 Å². The number of carbonyl (C=O) groups excluding carboxylic acids is 1. The van der Waals surface area contributed by atoms with Gasteiger partial charge >= 0.3 is 0 Å². The number of hydrazine groups is 2. The summed E-state index contributed by atoms with van der Waals surface area (Å²) in [5.74, 6) is 0.101. The fraction of sp³-hybridized carbons (Fsp3) is 0.350. The maximum Gasteiger partial charge on any atom is 0.247 e. The number of nitrogens with zero attached hydrogens (tertiary/aromatic N) is 2. The molecule has 6 nitrogen and oxygen atoms in total. The van der Waals surface area contributed by atoms with Crippen molar-refractivity contribution in [2.75, 3.05) is 22.9 Å². The summed E-state index contributed by atoms with van der Waals surface area (Å²) in [4.78, 5) is 17.5. The molecule has 2 aliphatic heterocycles. The molecule has 0 radical (unpaired) electrons. The van der Waals surface area contributed by atoms with Gasteiger partial charge in [0, 0.05) is 25.7 Å². The highest BCUT2D eigenvalue weighted by Crippen LogP contribution is 2.33. The molecule has 1 saturated heterocycles. The molecule has 2 atom stereocenters. The van der Waals surface area contributed by atoms with Crippen molar-refractivity contribution in [3.63, 3.8) is 0 Å². The summed E-state index contributed by atoms with van der Waals surface area (Å²) in [6.45, 7) is 4.51. The maximum absolute atomic E-state index is 13.2. The lowest BCUT2D eigenvalue weighted by Gasteiger charge is -2.28. The number of rotatable bonds is 3. The minimum atomic E-state index is -0.274. The van der Waals surface area contributed by atoms with Crippen LogP contribution < -0.4 is 26.2 Å². The molecule has 0 spiro atoms. The van der Waals surface area contributed by atoms with E-state index in [2.05, 4.69) is 57.7 Å². The molecule has 1 amide bonds. The second-order valence-electron chi connectivity index (χ2n) is 6.92. The number of benzene rings is 2. The molecule has 0 bridgehead atoms. The monoisotopic (exact) mass is 351 g/mol. The van der Waals surface area contributed by atoms with Crippen molar-refractivity contribution in [2.45, 2.75) is 32.0 Å². The molecule has 2 aromatic carbocycles. The molecule has 4 rings (SSSR count). The third-order valence-electron chi connectivity index (χ3n) is 5.10. The topological polar surface area (TPSA) is 59.6 Å². The minimum Gasteiger partial charge on any atom is -0.365 e. The van der Waals surface area contributed by atoms with E-state index in [1.807, 2.05) is 30.0 Å². The molecule has 0 saturated carbocycles. The van der Waals surface area contributed by atoms with Crippen molar-refractivity contribution in [2.24, 2.45) is 0 Å². The lowest BCUT2D eigenvalue weighted by Crippen LogP contribution is -2.49. The van der Waals surface area contributed by atoms with Crippen molar-refractivity contribution in [1.82, 2.24) is 16.4 Å². The summed E-state index contributed by atoms with van der Waals surface area (Å²) >= 11 is 0. The van der Waals surface area contributed by atoms with E-state index in [9.17, 15) is 4.79 Å². The van der Waals surface area contributed by atoms with E-state index < -0.39 is 0 Å². The number of anilines is 2. The van der Waals surface area contributed by atoms with Crippen LogP contribution in [-0.4, -0.2) is 31.1 Å². The molecular weight excluding hydrogens is 326 g/mol. The number of nitrogens with one attached hydrogen (secondary N) is 3. The predicted octanol–water partition coefficient (Wildman–Crippen LogP) is 1.80. The second-order valence-corrected chi connectivity index (χ2v) is 6.92. The SMILES string of the molecule is CC1NNNC1C(=O)N1CCCN(Cc2ccccc2)c2ccccc21. The molecule has 2 aromatic rings. The van der Waals surface area contributed by atoms with Crippen LogP contribution in [0.3, 0.4) is 0 Å². The molecule has 136 valence electrons. The number of carbonyl (C=O) groups is 1. The number of amides is 1. The van der Waals surface area contributed by atoms with Crippen molar-refractivity contribution in [3.05, 3.63) is 60.2 Å². The molecule has 3 N–H and O–H groups in total. The Morgan fingerprint density at radius 3 is 2.46 bits per heavy atom. The second kappa shape index (κ2) is 7.45. The van der Waals surface area contributed by atoms with Crippen LogP contribution in [0.2, 0.25) is 0 Å². The van der Waals surface area contributed by atoms with Crippen LogP contribution >= 0.6 is 0 Å². The van der Waals surface area contributed by atoms with Crippen LogP contribution in [0.1, 0.15) is 18.9 Å². The van der Waals surface area contributed by atoms with Crippen LogP contribution in [0, 0.1) is 0 Å². The first-order chi connectivity index (χ1) is 12.7. The van der Waals surface area contributed by atoms with Gasteiger partial charge in [-0.3, -0.25) is 4.79 Å². The molecule has 6 heteroatoms. The van der Waals surface area contributed by atoms with Crippen LogP contribution in [0.25, 0.3) is 0 Å². The summed E-state index contributed by atoms with van der Waals surface area (Å²) in [6, 6.07) is 18.5. The highest BCUT2D eigenvalue weighted by Gasteiger charge is 2.35. The number of para-hydroxylation sites is 2. The van der Waals surface area contributed by atoms with Crippen molar-refractivity contribution >= 4 is 17.3 Å². The summed E-state index contributed by atoms with van der Waals surface area (Å²) in [5.41, 5.74) is 12.3. The van der Waals surface area contributed by atoms with Gasteiger partial charge < -0.3 is 9.80 Å². The van der Waals surface area contributed by atoms with Gasteiger partial charge in [0.15, 0.2) is 0 Å². The number of fused-ring (bicyclic) bond motifs is 1. The summed E-state index contributed by atoms with van der Waals surface area (Å²) in [5, 5.41) is 0. The predicted molar refractivity (Wildman–Crippen MR) is 104 cm³/mol. The highest BCUT2D eigenvalue weighted by atomic mass is 16.2. The van der Waals surface area contributed by atoms with Gasteiger partial charge in [-0.05, 0) is 31.0 Å². The van der Waals surface area contributed by atoms with Gasteiger partial charge in [0.1, 0.15) is 6.04 Å². The van der Waals surface area contributed by atoms with E-state index in [4.69, 9.17) is 0 Å². The molecule has 2 heterocycles. The number of hydrogen-bond acceptors (Lipinski definition) is 5. The lowest BCUT2D eigenvalue weighted by molar-refractivity contribution is -0.120. The van der Waals surface area contributed by atoms with E-state index in [0.29, 0.717) is 0 Å². The molecule has 0 aliphatic carbocycles. The summed E-state index contributed by atoms with van der Waals surface area (Å²) in [7, 11) is 0. The Labute approximate surface area is 154 Å². The van der Waals surface area contributed by atoms with Crippen molar-refractivity contribution in [3.8, 4) is 0 Å². The fourth-order valence-electron chi connectivity index (χ4n) is 3.70. The molecule has 2 unspecified atom stereocenters. The Hall–Kier alpha value is -2.41. The first-order valence-corrected chi connectivity index (χ1v) is 9.19. The molecule has 1 fully saturated rings. The zero-order valence-corrected chi connectivity index (χ0v) is 15.0. The smallest absolute Gasteiger partial charge is 0.247 e. The average Bonchev–Trinajstić information content (AvgIpc) is 3.02. The Bertz CT molecular complexity index is 766. The van der Waals surface area contributed by atoms with E-state index in [1.54, 1.807) is 0 Å². The van der Waals surface area contributed by atoms with E-state index >= 15 is 0 Å². The Balaban J connectivity index is 1.63. The van der Waals surface area contributed by atoms with Gasteiger partial charge in [-0.1, -0.05) is 42.5 Å². The Kier molecular flexibility index (Phi) is 4.88. The van der Waals surface area contributed by atoms with E-state index in [1.165, 1.54) is 5.56 Å². The van der Waals surface area contributed by atoms with Crippen LogP contribution in [0.15, 0.2) is 54.6 Å². The lowest BCUT2D eigenvalue weighted by atomic mass is 10.1. The minimum absolute atomic E-state index is 0.0401. The van der Waals surface area contributed by atoms with Gasteiger partial charge in [-0.15, -0.1) is 0 Å². The first-order valence-electron chi connectivity index (χ1n) is 9.19. The van der Waals surface area contributed by atoms with Crippen LogP contribution in [0.5, 0.6) is 0 Å². The standard InChI is InChI=1S/C20H25N5O/c1-15-19(22-23-21-15)20(26)25-13-7-12-24(14-16-8-3-2-4-9-16)17-10-5-6-11-18(17)25/h2-6,8-11,15,19,21-23H,7,12-14H2,1H3. The summed E-state index contributed by atoms with van der Waals surface area (Å²) < 4.78 is 0. The Morgan fingerprint density at radius 1 is 1.00 bits per heavy atom. The van der Waals surface area contributed by atoms with Crippen LogP contribution in [-0.2, 0) is 11.3 Å². The molecular formula is C20H25N5O. The van der Waals surface area contributed by atoms with Gasteiger partial charge in [-0.25, -0.2) is 10.9 Å². The summed E-state index contributed by atoms with van der Waals surface area (Å²) in [6.07, 6.45) is 0.940. The van der Waals surface area contributed by atoms with Gasteiger partial charge in [0.25, 0.3) is 0 Å². The van der Waals surface area contributed by atoms with E-state index in [0.717, 1.165) is 37.4 Å². The molecule has 2 aliphatic rings. The molecule has 0 aromatic heterocycles. The zero-order chi connectivity index (χ0) is 17.9. The quantitative estimate of drug-likeness (QED) is 0.787. The third kappa shape index (κ3) is 3.31. The van der Waals surface area contributed by atoms with Gasteiger partial charge in [0.2, 0.25) is 5.91 Å². The Morgan fingerprint density at radius 2 is 1.73 bits per heavy atom. The number of hydrogen-bond donors (Lipinski definition) is 3. The van der Waals surface area contributed by atoms with Crippen molar-refractivity contribution in [1.29, 1.82) is 0 Å². The zero-order valence-electron chi connectivity index (χ0n) is 15.0. The normalized spacial score (nSPS) is 22.8. The largest absolute Gasteiger partial charge is 0.365 e.